The van der Waals surface area contributed by atoms with Crippen molar-refractivity contribution in [1.29, 1.82) is 0 Å². The first-order valence-electron chi connectivity index (χ1n) is 4.53. The fraction of sp³-hybridized carbons (Fsp3) is 0.400. The number of thioether (sulfide) groups is 1. The summed E-state index contributed by atoms with van der Waals surface area (Å²) >= 11 is 1.40. The maximum absolute atomic E-state index is 9.43. The van der Waals surface area contributed by atoms with Gasteiger partial charge in [0.1, 0.15) is 17.2 Å². The number of rotatable bonds is 4. The summed E-state index contributed by atoms with van der Waals surface area (Å²) in [5.74, 6) is 0.592. The highest BCUT2D eigenvalue weighted by Gasteiger charge is 2.09. The Kier molecular flexibility index (Phi) is 3.95. The van der Waals surface area contributed by atoms with Gasteiger partial charge in [-0.05, 0) is 12.2 Å². The quantitative estimate of drug-likeness (QED) is 0.532. The first kappa shape index (κ1) is 11.0. The zero-order chi connectivity index (χ0) is 10.6. The largest absolute Gasteiger partial charge is 0.508 e. The van der Waals surface area contributed by atoms with Crippen molar-refractivity contribution >= 4 is 11.8 Å². The van der Waals surface area contributed by atoms with Crippen LogP contribution in [0, 0.1) is 0 Å². The molecule has 0 aliphatic heterocycles. The molecule has 0 bridgehead atoms. The summed E-state index contributed by atoms with van der Waals surface area (Å²) in [4.78, 5) is 0.441. The van der Waals surface area contributed by atoms with Crippen LogP contribution in [0.3, 0.4) is 0 Å². The van der Waals surface area contributed by atoms with E-state index in [1.165, 1.54) is 23.9 Å². The van der Waals surface area contributed by atoms with Crippen molar-refractivity contribution in [2.75, 3.05) is 5.75 Å². The number of hydrogen-bond donors (Lipinski definition) is 3. The monoisotopic (exact) mass is 214 g/mol. The van der Waals surface area contributed by atoms with Crippen LogP contribution >= 0.6 is 11.8 Å². The fourth-order valence-corrected chi connectivity index (χ4v) is 2.10. The predicted octanol–water partition coefficient (Wildman–Crippen LogP) is 2.70. The molecule has 0 atom stereocenters. The van der Waals surface area contributed by atoms with Crippen LogP contribution in [0.2, 0.25) is 0 Å². The maximum Gasteiger partial charge on any atom is 0.136 e. The molecule has 0 aliphatic rings. The van der Waals surface area contributed by atoms with E-state index in [0.29, 0.717) is 4.90 Å². The molecule has 3 N–H and O–H groups in total. The topological polar surface area (TPSA) is 60.7 Å². The molecule has 1 aromatic carbocycles. The Morgan fingerprint density at radius 2 is 1.71 bits per heavy atom. The van der Waals surface area contributed by atoms with E-state index in [1.54, 1.807) is 0 Å². The first-order valence-corrected chi connectivity index (χ1v) is 5.51. The Labute approximate surface area is 87.4 Å². The third-order valence-corrected chi connectivity index (χ3v) is 2.98. The molecule has 78 valence electrons. The van der Waals surface area contributed by atoms with Crippen LogP contribution in [0.25, 0.3) is 0 Å². The van der Waals surface area contributed by atoms with Gasteiger partial charge in [-0.15, -0.1) is 11.8 Å². The second kappa shape index (κ2) is 5.00. The summed E-state index contributed by atoms with van der Waals surface area (Å²) in [6.07, 6.45) is 2.11. The number of aromatic hydroxyl groups is 3. The Morgan fingerprint density at radius 1 is 1.14 bits per heavy atom. The minimum Gasteiger partial charge on any atom is -0.508 e. The Morgan fingerprint density at radius 3 is 2.21 bits per heavy atom. The molecule has 4 heteroatoms. The van der Waals surface area contributed by atoms with Gasteiger partial charge in [0.15, 0.2) is 0 Å². The lowest BCUT2D eigenvalue weighted by Gasteiger charge is -2.06. The van der Waals surface area contributed by atoms with Gasteiger partial charge in [-0.2, -0.15) is 0 Å². The van der Waals surface area contributed by atoms with Gasteiger partial charge in [0, 0.05) is 12.1 Å². The van der Waals surface area contributed by atoms with E-state index in [1.807, 2.05) is 0 Å². The third kappa shape index (κ3) is 2.73. The van der Waals surface area contributed by atoms with E-state index in [2.05, 4.69) is 6.92 Å². The molecule has 1 aromatic rings. The molecule has 0 aliphatic carbocycles. The van der Waals surface area contributed by atoms with E-state index in [0.717, 1.165) is 18.6 Å². The molecule has 3 nitrogen and oxygen atoms in total. The van der Waals surface area contributed by atoms with Crippen LogP contribution in [0.5, 0.6) is 17.2 Å². The average Bonchev–Trinajstić information content (AvgIpc) is 2.09. The molecule has 0 spiro atoms. The lowest BCUT2D eigenvalue weighted by atomic mass is 10.3. The molecule has 0 amide bonds. The van der Waals surface area contributed by atoms with Crippen molar-refractivity contribution in [3.05, 3.63) is 12.1 Å². The zero-order valence-electron chi connectivity index (χ0n) is 8.03. The number of unbranched alkanes of at least 4 members (excludes halogenated alkanes) is 1. The summed E-state index contributed by atoms with van der Waals surface area (Å²) in [7, 11) is 0. The third-order valence-electron chi connectivity index (χ3n) is 1.78. The molecule has 0 fully saturated rings. The van der Waals surface area contributed by atoms with Crippen LogP contribution in [0.15, 0.2) is 17.0 Å². The SMILES string of the molecule is CCCCSc1c(O)cc(O)cc1O. The minimum atomic E-state index is -0.125. The minimum absolute atomic E-state index is 0.0661. The van der Waals surface area contributed by atoms with Gasteiger partial charge in [-0.25, -0.2) is 0 Å². The van der Waals surface area contributed by atoms with Gasteiger partial charge in [0.2, 0.25) is 0 Å². The van der Waals surface area contributed by atoms with E-state index in [-0.39, 0.29) is 17.2 Å². The average molecular weight is 214 g/mol. The smallest absolute Gasteiger partial charge is 0.136 e. The predicted molar refractivity (Wildman–Crippen MR) is 57.1 cm³/mol. The number of phenols is 3. The first-order chi connectivity index (χ1) is 6.65. The second-order valence-corrected chi connectivity index (χ2v) is 4.12. The number of phenolic OH excluding ortho intramolecular Hbond substituents is 3. The van der Waals surface area contributed by atoms with Gasteiger partial charge in [-0.3, -0.25) is 0 Å². The van der Waals surface area contributed by atoms with E-state index >= 15 is 0 Å². The number of benzene rings is 1. The fourth-order valence-electron chi connectivity index (χ4n) is 1.05. The van der Waals surface area contributed by atoms with Gasteiger partial charge in [0.25, 0.3) is 0 Å². The van der Waals surface area contributed by atoms with Crippen molar-refractivity contribution < 1.29 is 15.3 Å². The van der Waals surface area contributed by atoms with Gasteiger partial charge in [0.05, 0.1) is 4.90 Å². The molecule has 0 saturated carbocycles. The lowest BCUT2D eigenvalue weighted by Crippen LogP contribution is -1.81. The van der Waals surface area contributed by atoms with Crippen molar-refractivity contribution in [2.24, 2.45) is 0 Å². The molecule has 0 aromatic heterocycles. The summed E-state index contributed by atoms with van der Waals surface area (Å²) in [5, 5.41) is 27.9. The Hall–Kier alpha value is -1.03. The standard InChI is InChI=1S/C10H14O3S/c1-2-3-4-14-10-8(12)5-7(11)6-9(10)13/h5-6,11-13H,2-4H2,1H3. The maximum atomic E-state index is 9.43. The molecule has 0 radical (unpaired) electrons. The molecule has 1 rings (SSSR count). The van der Waals surface area contributed by atoms with Crippen LogP contribution in [0.4, 0.5) is 0 Å². The molecular weight excluding hydrogens is 200 g/mol. The molecule has 0 saturated heterocycles. The van der Waals surface area contributed by atoms with Gasteiger partial charge >= 0.3 is 0 Å². The summed E-state index contributed by atoms with van der Waals surface area (Å²) in [5.41, 5.74) is 0. The summed E-state index contributed by atoms with van der Waals surface area (Å²) in [6.45, 7) is 2.08. The number of hydrogen-bond acceptors (Lipinski definition) is 4. The van der Waals surface area contributed by atoms with Gasteiger partial charge in [-0.1, -0.05) is 13.3 Å². The molecule has 0 heterocycles. The highest BCUT2D eigenvalue weighted by atomic mass is 32.2. The van der Waals surface area contributed by atoms with Crippen molar-refractivity contribution in [3.8, 4) is 17.2 Å². The summed E-state index contributed by atoms with van der Waals surface area (Å²) in [6, 6.07) is 2.46. The second-order valence-electron chi connectivity index (χ2n) is 3.02. The molecule has 0 unspecified atom stereocenters. The lowest BCUT2D eigenvalue weighted by molar-refractivity contribution is 0.410. The van der Waals surface area contributed by atoms with Crippen LogP contribution in [-0.4, -0.2) is 21.1 Å². The van der Waals surface area contributed by atoms with Gasteiger partial charge < -0.3 is 15.3 Å². The Balaban J connectivity index is 2.75. The van der Waals surface area contributed by atoms with E-state index in [4.69, 9.17) is 5.11 Å². The van der Waals surface area contributed by atoms with Crippen molar-refractivity contribution in [3.63, 3.8) is 0 Å². The van der Waals surface area contributed by atoms with Crippen LogP contribution in [0.1, 0.15) is 19.8 Å². The highest BCUT2D eigenvalue weighted by Crippen LogP contribution is 2.39. The highest BCUT2D eigenvalue weighted by molar-refractivity contribution is 7.99. The van der Waals surface area contributed by atoms with E-state index < -0.39 is 0 Å². The summed E-state index contributed by atoms with van der Waals surface area (Å²) < 4.78 is 0. The van der Waals surface area contributed by atoms with Crippen molar-refractivity contribution in [1.82, 2.24) is 0 Å². The van der Waals surface area contributed by atoms with E-state index in [9.17, 15) is 10.2 Å². The van der Waals surface area contributed by atoms with Crippen LogP contribution < -0.4 is 0 Å². The zero-order valence-corrected chi connectivity index (χ0v) is 8.84. The molecular formula is C10H14O3S. The molecule has 14 heavy (non-hydrogen) atoms. The van der Waals surface area contributed by atoms with Crippen molar-refractivity contribution in [2.45, 2.75) is 24.7 Å². The van der Waals surface area contributed by atoms with Crippen LogP contribution in [-0.2, 0) is 0 Å². The normalized spacial score (nSPS) is 10.4. The Bertz CT molecular complexity index is 289.